The first-order chi connectivity index (χ1) is 15.4. The van der Waals surface area contributed by atoms with Crippen LogP contribution in [0.4, 0.5) is 11.4 Å². The van der Waals surface area contributed by atoms with E-state index in [4.69, 9.17) is 11.6 Å². The van der Waals surface area contributed by atoms with Crippen molar-refractivity contribution in [3.63, 3.8) is 0 Å². The predicted octanol–water partition coefficient (Wildman–Crippen LogP) is 6.62. The number of phenolic OH excluding ortho intramolecular Hbond substituents is 2. The van der Waals surface area contributed by atoms with Crippen molar-refractivity contribution in [3.8, 4) is 11.5 Å². The zero-order valence-electron chi connectivity index (χ0n) is 19.3. The molecule has 0 aliphatic rings. The van der Waals surface area contributed by atoms with Crippen LogP contribution >= 0.6 is 11.6 Å². The van der Waals surface area contributed by atoms with Crippen LogP contribution in [0, 0.1) is 0 Å². The Kier molecular flexibility index (Phi) is 7.92. The summed E-state index contributed by atoms with van der Waals surface area (Å²) in [6.45, 7) is 11.8. The largest absolute Gasteiger partial charge is 0.508 e. The Morgan fingerprint density at radius 3 is 1.41 bits per heavy atom. The fraction of sp³-hybridized carbons (Fsp3) is 0.333. The highest BCUT2D eigenvalue weighted by atomic mass is 35.5. The van der Waals surface area contributed by atoms with E-state index in [0.29, 0.717) is 5.02 Å². The summed E-state index contributed by atoms with van der Waals surface area (Å²) in [6.07, 6.45) is 0. The minimum absolute atomic E-state index is 0.210. The van der Waals surface area contributed by atoms with Crippen LogP contribution in [0.2, 0.25) is 5.02 Å². The van der Waals surface area contributed by atoms with Crippen LogP contribution in [0.15, 0.2) is 60.7 Å². The monoisotopic (exact) mass is 452 g/mol. The first kappa shape index (κ1) is 23.8. The number of hydrogen-bond donors (Lipinski definition) is 2. The van der Waals surface area contributed by atoms with E-state index in [0.717, 1.165) is 54.2 Å². The van der Waals surface area contributed by atoms with Gasteiger partial charge in [-0.25, -0.2) is 0 Å². The number of benzene rings is 3. The number of hydrogen-bond acceptors (Lipinski definition) is 4. The second-order valence-electron chi connectivity index (χ2n) is 7.82. The zero-order chi connectivity index (χ0) is 23.3. The quantitative estimate of drug-likeness (QED) is 0.358. The van der Waals surface area contributed by atoms with Crippen LogP contribution in [-0.2, 0) is 0 Å². The molecule has 0 aliphatic carbocycles. The molecule has 0 fully saturated rings. The van der Waals surface area contributed by atoms with E-state index in [2.05, 4.69) is 37.5 Å². The summed E-state index contributed by atoms with van der Waals surface area (Å²) in [5.74, 6) is 0.0897. The van der Waals surface area contributed by atoms with E-state index >= 15 is 0 Å². The third kappa shape index (κ3) is 4.97. The maximum absolute atomic E-state index is 11.0. The summed E-state index contributed by atoms with van der Waals surface area (Å²) in [4.78, 5) is 4.38. The normalized spacial score (nSPS) is 11.1. The molecule has 0 spiro atoms. The van der Waals surface area contributed by atoms with Crippen molar-refractivity contribution in [2.75, 3.05) is 36.0 Å². The Morgan fingerprint density at radius 1 is 0.656 bits per heavy atom. The maximum Gasteiger partial charge on any atom is 0.121 e. The third-order valence-corrected chi connectivity index (χ3v) is 6.36. The number of anilines is 2. The van der Waals surface area contributed by atoms with E-state index in [1.165, 1.54) is 0 Å². The van der Waals surface area contributed by atoms with Gasteiger partial charge in [0.2, 0.25) is 0 Å². The summed E-state index contributed by atoms with van der Waals surface area (Å²) < 4.78 is 0. The molecule has 0 atom stereocenters. The van der Waals surface area contributed by atoms with Crippen LogP contribution < -0.4 is 9.80 Å². The van der Waals surface area contributed by atoms with Gasteiger partial charge in [-0.2, -0.15) is 0 Å². The van der Waals surface area contributed by atoms with Gasteiger partial charge in [-0.3, -0.25) is 0 Å². The fourth-order valence-corrected chi connectivity index (χ4v) is 4.43. The van der Waals surface area contributed by atoms with Crippen molar-refractivity contribution < 1.29 is 10.2 Å². The lowest BCUT2D eigenvalue weighted by atomic mass is 9.84. The zero-order valence-corrected chi connectivity index (χ0v) is 20.1. The van der Waals surface area contributed by atoms with Crippen molar-refractivity contribution in [2.45, 2.75) is 33.6 Å². The van der Waals surface area contributed by atoms with Crippen molar-refractivity contribution in [2.24, 2.45) is 0 Å². The van der Waals surface area contributed by atoms with E-state index in [1.54, 1.807) is 0 Å². The highest BCUT2D eigenvalue weighted by Gasteiger charge is 2.24. The summed E-state index contributed by atoms with van der Waals surface area (Å²) >= 11 is 6.14. The lowest BCUT2D eigenvalue weighted by Gasteiger charge is -2.26. The van der Waals surface area contributed by atoms with Gasteiger partial charge in [-0.1, -0.05) is 35.9 Å². The molecule has 4 nitrogen and oxygen atoms in total. The summed E-state index contributed by atoms with van der Waals surface area (Å²) in [7, 11) is 0. The molecule has 32 heavy (non-hydrogen) atoms. The summed E-state index contributed by atoms with van der Waals surface area (Å²) in [5, 5.41) is 22.7. The molecular formula is C27H33ClN2O2. The molecule has 2 N–H and O–H groups in total. The third-order valence-electron chi connectivity index (χ3n) is 6.11. The first-order valence-corrected chi connectivity index (χ1v) is 11.7. The van der Waals surface area contributed by atoms with E-state index < -0.39 is 0 Å². The Balaban J connectivity index is 2.13. The fourth-order valence-electron chi connectivity index (χ4n) is 4.31. The van der Waals surface area contributed by atoms with Crippen molar-refractivity contribution >= 4 is 23.0 Å². The second kappa shape index (κ2) is 10.6. The predicted molar refractivity (Wildman–Crippen MR) is 136 cm³/mol. The highest BCUT2D eigenvalue weighted by Crippen LogP contribution is 2.42. The lowest BCUT2D eigenvalue weighted by Crippen LogP contribution is -2.22. The van der Waals surface area contributed by atoms with Crippen LogP contribution in [0.5, 0.6) is 11.5 Å². The molecule has 5 heteroatoms. The number of halogens is 1. The van der Waals surface area contributed by atoms with Gasteiger partial charge in [0.1, 0.15) is 11.5 Å². The van der Waals surface area contributed by atoms with Crippen LogP contribution in [0.25, 0.3) is 0 Å². The summed E-state index contributed by atoms with van der Waals surface area (Å²) in [5.41, 5.74) is 4.40. The van der Waals surface area contributed by atoms with Gasteiger partial charge in [-0.15, -0.1) is 0 Å². The first-order valence-electron chi connectivity index (χ1n) is 11.3. The second-order valence-corrected chi connectivity index (χ2v) is 8.25. The molecule has 3 rings (SSSR count). The van der Waals surface area contributed by atoms with Crippen molar-refractivity contribution in [3.05, 3.63) is 82.4 Å². The molecule has 3 aromatic carbocycles. The SMILES string of the molecule is CCN(CC)c1ccc(C(c2ccc(Cl)cc2)c2ccc(N(CC)CC)cc2O)c(O)c1. The number of nitrogens with zero attached hydrogens (tertiary/aromatic N) is 2. The number of phenols is 2. The minimum Gasteiger partial charge on any atom is -0.508 e. The Bertz CT molecular complexity index is 967. The van der Waals surface area contributed by atoms with Crippen molar-refractivity contribution in [1.82, 2.24) is 0 Å². The molecule has 0 unspecified atom stereocenters. The molecular weight excluding hydrogens is 420 g/mol. The smallest absolute Gasteiger partial charge is 0.121 e. The van der Waals surface area contributed by atoms with Gasteiger partial charge in [0, 0.05) is 71.8 Å². The van der Waals surface area contributed by atoms with Crippen LogP contribution in [0.3, 0.4) is 0 Å². The van der Waals surface area contributed by atoms with Gasteiger partial charge in [0.15, 0.2) is 0 Å². The molecule has 170 valence electrons. The molecule has 0 bridgehead atoms. The van der Waals surface area contributed by atoms with Crippen LogP contribution in [-0.4, -0.2) is 36.4 Å². The van der Waals surface area contributed by atoms with E-state index in [-0.39, 0.29) is 17.4 Å². The van der Waals surface area contributed by atoms with E-state index in [9.17, 15) is 10.2 Å². The lowest BCUT2D eigenvalue weighted by molar-refractivity contribution is 0.458. The van der Waals surface area contributed by atoms with Crippen LogP contribution in [0.1, 0.15) is 50.3 Å². The molecule has 0 aliphatic heterocycles. The molecule has 0 amide bonds. The molecule has 0 saturated carbocycles. The Hall–Kier alpha value is -2.85. The Labute approximate surface area is 196 Å². The molecule has 0 aromatic heterocycles. The maximum atomic E-state index is 11.0. The average Bonchev–Trinajstić information content (AvgIpc) is 2.79. The van der Waals surface area contributed by atoms with Gasteiger partial charge >= 0.3 is 0 Å². The Morgan fingerprint density at radius 2 is 1.06 bits per heavy atom. The van der Waals surface area contributed by atoms with Gasteiger partial charge in [-0.05, 0) is 57.5 Å². The average molecular weight is 453 g/mol. The molecule has 0 radical (unpaired) electrons. The molecule has 3 aromatic rings. The van der Waals surface area contributed by atoms with Gasteiger partial charge in [0.25, 0.3) is 0 Å². The summed E-state index contributed by atoms with van der Waals surface area (Å²) in [6, 6.07) is 19.2. The van der Waals surface area contributed by atoms with E-state index in [1.807, 2.05) is 60.7 Å². The standard InChI is InChI=1S/C27H33ClN2O2/c1-5-29(6-2)21-13-15-23(25(31)17-21)27(19-9-11-20(28)12-10-19)24-16-14-22(18-26(24)32)30(7-3)8-4/h9-18,27,31-32H,5-8H2,1-4H3. The number of aromatic hydroxyl groups is 2. The topological polar surface area (TPSA) is 46.9 Å². The molecule has 0 saturated heterocycles. The van der Waals surface area contributed by atoms with Gasteiger partial charge in [0.05, 0.1) is 0 Å². The van der Waals surface area contributed by atoms with Gasteiger partial charge < -0.3 is 20.0 Å². The highest BCUT2D eigenvalue weighted by molar-refractivity contribution is 6.30. The molecule has 0 heterocycles. The van der Waals surface area contributed by atoms with Crippen molar-refractivity contribution in [1.29, 1.82) is 0 Å². The number of rotatable bonds is 9. The minimum atomic E-state index is -0.330.